The number of unbranched alkanes of at least 4 members (excludes halogenated alkanes) is 1. The number of carbonyl (C=O) groups is 1. The van der Waals surface area contributed by atoms with E-state index in [2.05, 4.69) is 5.32 Å². The molecule has 0 aliphatic carbocycles. The van der Waals surface area contributed by atoms with Gasteiger partial charge in [0.15, 0.2) is 0 Å². The minimum Gasteiger partial charge on any atom is -0.494 e. The quantitative estimate of drug-likeness (QED) is 0.756. The second-order valence-electron chi connectivity index (χ2n) is 4.53. The molecule has 1 amide bonds. The summed E-state index contributed by atoms with van der Waals surface area (Å²) in [7, 11) is 0.348. The summed E-state index contributed by atoms with van der Waals surface area (Å²) in [5.41, 5.74) is 6.74. The third-order valence-corrected chi connectivity index (χ3v) is 4.64. The largest absolute Gasteiger partial charge is 0.494 e. The first-order valence-corrected chi connectivity index (χ1v) is 7.99. The first kappa shape index (κ1) is 16.5. The molecule has 1 aromatic rings. The summed E-state index contributed by atoms with van der Waals surface area (Å²) in [5.74, 6) is 0.761. The van der Waals surface area contributed by atoms with Crippen LogP contribution in [0.4, 0.5) is 11.4 Å². The average Bonchev–Trinajstić information content (AvgIpc) is 2.45. The fraction of sp³-hybridized carbons (Fsp3) is 0.500. The van der Waals surface area contributed by atoms with Crippen molar-refractivity contribution in [1.82, 2.24) is 0 Å². The number of rotatable bonds is 7. The molecular formula is C14H22N2O3S. The molecule has 6 heteroatoms. The van der Waals surface area contributed by atoms with Crippen molar-refractivity contribution in [3.8, 4) is 5.75 Å². The Balaban J connectivity index is 2.72. The molecule has 5 nitrogen and oxygen atoms in total. The van der Waals surface area contributed by atoms with Crippen LogP contribution in [-0.2, 0) is 15.6 Å². The van der Waals surface area contributed by atoms with Crippen LogP contribution >= 0.6 is 0 Å². The first-order valence-electron chi connectivity index (χ1n) is 6.61. The lowest BCUT2D eigenvalue weighted by Crippen LogP contribution is -2.30. The lowest BCUT2D eigenvalue weighted by atomic mass is 10.2. The van der Waals surface area contributed by atoms with Crippen LogP contribution in [0, 0.1) is 0 Å². The number of ether oxygens (including phenoxy) is 1. The second kappa shape index (κ2) is 7.89. The summed E-state index contributed by atoms with van der Waals surface area (Å²) in [4.78, 5) is 12.1. The molecule has 0 bridgehead atoms. The molecule has 0 spiro atoms. The van der Waals surface area contributed by atoms with Gasteiger partial charge in [0.25, 0.3) is 0 Å². The van der Waals surface area contributed by atoms with Gasteiger partial charge in [0.2, 0.25) is 5.91 Å². The number of benzene rings is 1. The van der Waals surface area contributed by atoms with E-state index < -0.39 is 16.0 Å². The molecule has 3 N–H and O–H groups in total. The molecule has 0 aliphatic heterocycles. The van der Waals surface area contributed by atoms with Gasteiger partial charge in [0, 0.05) is 28.3 Å². The summed E-state index contributed by atoms with van der Waals surface area (Å²) in [5, 5.41) is 2.18. The highest BCUT2D eigenvalue weighted by atomic mass is 32.2. The smallest absolute Gasteiger partial charge is 0.239 e. The van der Waals surface area contributed by atoms with Gasteiger partial charge >= 0.3 is 0 Å². The van der Waals surface area contributed by atoms with Crippen LogP contribution in [0.1, 0.15) is 26.7 Å². The number of nitrogen functional groups attached to an aromatic ring is 1. The van der Waals surface area contributed by atoms with E-state index in [1.807, 2.05) is 6.92 Å². The maximum Gasteiger partial charge on any atom is 0.239 e. The molecule has 0 aliphatic rings. The molecule has 0 aromatic heterocycles. The minimum absolute atomic E-state index is 0.275. The van der Waals surface area contributed by atoms with Crippen molar-refractivity contribution in [2.45, 2.75) is 31.9 Å². The van der Waals surface area contributed by atoms with E-state index in [4.69, 9.17) is 10.5 Å². The number of amides is 1. The molecule has 0 heterocycles. The fourth-order valence-corrected chi connectivity index (χ4v) is 2.85. The molecule has 1 rings (SSSR count). The zero-order valence-corrected chi connectivity index (χ0v) is 13.0. The maximum atomic E-state index is 12.1. The van der Waals surface area contributed by atoms with E-state index in [1.54, 1.807) is 25.1 Å². The molecular weight excluding hydrogens is 276 g/mol. The van der Waals surface area contributed by atoms with Crippen molar-refractivity contribution in [2.24, 2.45) is 0 Å². The third-order valence-electron chi connectivity index (χ3n) is 2.95. The Labute approximate surface area is 122 Å². The van der Waals surface area contributed by atoms with Gasteiger partial charge < -0.3 is 15.8 Å². The topological polar surface area (TPSA) is 81.4 Å². The van der Waals surface area contributed by atoms with Gasteiger partial charge in [-0.2, -0.15) is 0 Å². The van der Waals surface area contributed by atoms with Crippen LogP contribution in [0.15, 0.2) is 18.2 Å². The highest BCUT2D eigenvalue weighted by molar-refractivity contribution is 7.86. The normalized spacial score (nSPS) is 13.6. The lowest BCUT2D eigenvalue weighted by Gasteiger charge is -2.14. The number of carbonyl (C=O) groups excluding carboxylic acids is 1. The average molecular weight is 298 g/mol. The van der Waals surface area contributed by atoms with Gasteiger partial charge in [-0.1, -0.05) is 13.3 Å². The van der Waals surface area contributed by atoms with E-state index in [0.29, 0.717) is 22.9 Å². The van der Waals surface area contributed by atoms with Crippen LogP contribution < -0.4 is 15.8 Å². The zero-order chi connectivity index (χ0) is 15.1. The second-order valence-corrected chi connectivity index (χ2v) is 6.41. The van der Waals surface area contributed by atoms with Crippen molar-refractivity contribution in [2.75, 3.05) is 23.9 Å². The predicted octanol–water partition coefficient (Wildman–Crippen LogP) is 2.15. The number of nitrogens with two attached hydrogens (primary N) is 1. The number of nitrogens with one attached hydrogen (secondary N) is 1. The van der Waals surface area contributed by atoms with Gasteiger partial charge in [-0.05, 0) is 25.5 Å². The molecule has 0 fully saturated rings. The van der Waals surface area contributed by atoms with Crippen LogP contribution in [0.3, 0.4) is 0 Å². The lowest BCUT2D eigenvalue weighted by molar-refractivity contribution is -0.115. The Hall–Kier alpha value is -1.56. The fourth-order valence-electron chi connectivity index (χ4n) is 1.63. The summed E-state index contributed by atoms with van der Waals surface area (Å²) in [6.45, 7) is 3.70. The highest BCUT2D eigenvalue weighted by Gasteiger charge is 2.20. The Kier molecular flexibility index (Phi) is 6.51. The molecule has 112 valence electrons. The standard InChI is InChI=1S/C14H22N2O3S/c1-4-5-8-20(18)10(2)14(17)16-12-7-6-11(15)9-13(12)19-3/h6-7,9-10H,4-5,8,15H2,1-3H3,(H,16,17). The minimum atomic E-state index is -1.16. The van der Waals surface area contributed by atoms with Crippen LogP contribution in [0.5, 0.6) is 5.75 Å². The predicted molar refractivity (Wildman–Crippen MR) is 83.4 cm³/mol. The summed E-state index contributed by atoms with van der Waals surface area (Å²) < 4.78 is 17.1. The number of hydrogen-bond acceptors (Lipinski definition) is 4. The van der Waals surface area contributed by atoms with E-state index in [1.165, 1.54) is 7.11 Å². The maximum absolute atomic E-state index is 12.1. The van der Waals surface area contributed by atoms with E-state index in [9.17, 15) is 9.00 Å². The van der Waals surface area contributed by atoms with Crippen LogP contribution in [0.25, 0.3) is 0 Å². The van der Waals surface area contributed by atoms with Crippen molar-refractivity contribution in [1.29, 1.82) is 0 Å². The zero-order valence-electron chi connectivity index (χ0n) is 12.1. The third kappa shape index (κ3) is 4.52. The van der Waals surface area contributed by atoms with E-state index in [-0.39, 0.29) is 5.91 Å². The van der Waals surface area contributed by atoms with Crippen molar-refractivity contribution < 1.29 is 13.7 Å². The number of methoxy groups -OCH3 is 1. The van der Waals surface area contributed by atoms with E-state index in [0.717, 1.165) is 12.8 Å². The Morgan fingerprint density at radius 3 is 2.80 bits per heavy atom. The molecule has 0 radical (unpaired) electrons. The number of hydrogen-bond donors (Lipinski definition) is 2. The van der Waals surface area contributed by atoms with Crippen molar-refractivity contribution >= 4 is 28.1 Å². The summed E-state index contributed by atoms with van der Waals surface area (Å²) in [6.07, 6.45) is 1.82. The van der Waals surface area contributed by atoms with Crippen LogP contribution in [0.2, 0.25) is 0 Å². The highest BCUT2D eigenvalue weighted by Crippen LogP contribution is 2.26. The van der Waals surface area contributed by atoms with Crippen molar-refractivity contribution in [3.05, 3.63) is 18.2 Å². The SMILES string of the molecule is CCCCS(=O)C(C)C(=O)Nc1ccc(N)cc1OC. The van der Waals surface area contributed by atoms with Gasteiger partial charge in [-0.25, -0.2) is 0 Å². The molecule has 0 saturated carbocycles. The molecule has 1 aromatic carbocycles. The van der Waals surface area contributed by atoms with Crippen LogP contribution in [-0.4, -0.2) is 28.2 Å². The molecule has 2 atom stereocenters. The Bertz CT molecular complexity index is 491. The van der Waals surface area contributed by atoms with Crippen molar-refractivity contribution in [3.63, 3.8) is 0 Å². The molecule has 2 unspecified atom stereocenters. The Morgan fingerprint density at radius 2 is 2.20 bits per heavy atom. The molecule has 20 heavy (non-hydrogen) atoms. The number of anilines is 2. The first-order chi connectivity index (χ1) is 9.49. The van der Waals surface area contributed by atoms with Gasteiger partial charge in [0.1, 0.15) is 11.0 Å². The Morgan fingerprint density at radius 1 is 1.50 bits per heavy atom. The summed E-state index contributed by atoms with van der Waals surface area (Å²) in [6, 6.07) is 4.99. The van der Waals surface area contributed by atoms with Gasteiger partial charge in [-0.15, -0.1) is 0 Å². The molecule has 0 saturated heterocycles. The van der Waals surface area contributed by atoms with Gasteiger partial charge in [0.05, 0.1) is 12.8 Å². The summed E-state index contributed by atoms with van der Waals surface area (Å²) >= 11 is 0. The van der Waals surface area contributed by atoms with E-state index >= 15 is 0 Å². The van der Waals surface area contributed by atoms with Gasteiger partial charge in [-0.3, -0.25) is 9.00 Å². The monoisotopic (exact) mass is 298 g/mol.